The highest BCUT2D eigenvalue weighted by molar-refractivity contribution is 6.43. The van der Waals surface area contributed by atoms with Crippen LogP contribution in [0.25, 0.3) is 17.4 Å². The van der Waals surface area contributed by atoms with Crippen molar-refractivity contribution in [3.8, 4) is 11.3 Å². The predicted octanol–water partition coefficient (Wildman–Crippen LogP) is 5.92. The first kappa shape index (κ1) is 24.9. The van der Waals surface area contributed by atoms with Crippen LogP contribution < -0.4 is 10.2 Å². The average Bonchev–Trinajstić information content (AvgIpc) is 3.34. The summed E-state index contributed by atoms with van der Waals surface area (Å²) >= 11 is 12.3. The fourth-order valence-electron chi connectivity index (χ4n) is 3.69. The molecule has 1 saturated heterocycles. The summed E-state index contributed by atoms with van der Waals surface area (Å²) < 4.78 is 16.4. The molecular formula is C26H24Cl2N2O5. The van der Waals surface area contributed by atoms with E-state index < -0.39 is 5.97 Å². The molecule has 2 heterocycles. The van der Waals surface area contributed by atoms with Crippen LogP contribution in [0.3, 0.4) is 0 Å². The summed E-state index contributed by atoms with van der Waals surface area (Å²) in [4.78, 5) is 27.2. The van der Waals surface area contributed by atoms with Crippen LogP contribution in [-0.4, -0.2) is 44.8 Å². The maximum atomic E-state index is 12.6. The van der Waals surface area contributed by atoms with E-state index in [9.17, 15) is 9.59 Å². The lowest BCUT2D eigenvalue weighted by molar-refractivity contribution is -0.111. The van der Waals surface area contributed by atoms with E-state index in [1.54, 1.807) is 55.5 Å². The molecule has 0 saturated carbocycles. The molecule has 0 unspecified atom stereocenters. The monoisotopic (exact) mass is 514 g/mol. The summed E-state index contributed by atoms with van der Waals surface area (Å²) in [5.74, 6) is 0.192. The molecule has 3 aromatic rings. The molecule has 7 nitrogen and oxygen atoms in total. The molecule has 4 rings (SSSR count). The van der Waals surface area contributed by atoms with E-state index in [2.05, 4.69) is 10.2 Å². The van der Waals surface area contributed by atoms with E-state index >= 15 is 0 Å². The van der Waals surface area contributed by atoms with Gasteiger partial charge < -0.3 is 24.1 Å². The molecule has 1 fully saturated rings. The standard InChI is InChI=1S/C26H24Cl2N2O5/c1-2-34-26(32)20-16-17(6-9-22(20)30-12-14-33-15-13-30)29-24(31)11-8-18-7-10-23(35-18)19-4-3-5-21(27)25(19)28/h3-11,16H,2,12-15H2,1H3,(H,29,31)/b11-8+. The van der Waals surface area contributed by atoms with Gasteiger partial charge in [0.05, 0.1) is 41.1 Å². The lowest BCUT2D eigenvalue weighted by Crippen LogP contribution is -2.37. The van der Waals surface area contributed by atoms with Gasteiger partial charge in [-0.1, -0.05) is 29.3 Å². The van der Waals surface area contributed by atoms with Crippen LogP contribution in [0.4, 0.5) is 11.4 Å². The number of carbonyl (C=O) groups is 2. The molecule has 1 aliphatic rings. The Hall–Kier alpha value is -3.26. The van der Waals surface area contributed by atoms with E-state index in [0.29, 0.717) is 64.7 Å². The van der Waals surface area contributed by atoms with Gasteiger partial charge in [0.15, 0.2) is 0 Å². The van der Waals surface area contributed by atoms with Crippen LogP contribution in [0.15, 0.2) is 59.0 Å². The van der Waals surface area contributed by atoms with Crippen molar-refractivity contribution in [3.05, 3.63) is 76.0 Å². The van der Waals surface area contributed by atoms with E-state index in [4.69, 9.17) is 37.1 Å². The van der Waals surface area contributed by atoms with E-state index in [0.717, 1.165) is 5.69 Å². The summed E-state index contributed by atoms with van der Waals surface area (Å²) in [5, 5.41) is 3.61. The number of morpholine rings is 1. The maximum absolute atomic E-state index is 12.6. The molecule has 1 aliphatic heterocycles. The van der Waals surface area contributed by atoms with Crippen molar-refractivity contribution in [2.75, 3.05) is 43.1 Å². The van der Waals surface area contributed by atoms with Crippen molar-refractivity contribution in [3.63, 3.8) is 0 Å². The second kappa shape index (κ2) is 11.4. The summed E-state index contributed by atoms with van der Waals surface area (Å²) in [6.45, 7) is 4.53. The highest BCUT2D eigenvalue weighted by Crippen LogP contribution is 2.34. The summed E-state index contributed by atoms with van der Waals surface area (Å²) in [6, 6.07) is 14.0. The van der Waals surface area contributed by atoms with Crippen LogP contribution in [-0.2, 0) is 14.3 Å². The first-order valence-corrected chi connectivity index (χ1v) is 11.9. The number of nitrogens with zero attached hydrogens (tertiary/aromatic N) is 1. The van der Waals surface area contributed by atoms with E-state index in [1.165, 1.54) is 6.08 Å². The normalized spacial score (nSPS) is 13.7. The van der Waals surface area contributed by atoms with Gasteiger partial charge >= 0.3 is 5.97 Å². The fraction of sp³-hybridized carbons (Fsp3) is 0.231. The number of anilines is 2. The molecule has 35 heavy (non-hydrogen) atoms. The average molecular weight is 515 g/mol. The Morgan fingerprint density at radius 3 is 2.69 bits per heavy atom. The largest absolute Gasteiger partial charge is 0.462 e. The second-order valence-electron chi connectivity index (χ2n) is 7.68. The van der Waals surface area contributed by atoms with Crippen LogP contribution in [0, 0.1) is 0 Å². The zero-order valence-corrected chi connectivity index (χ0v) is 20.6. The predicted molar refractivity (Wildman–Crippen MR) is 137 cm³/mol. The van der Waals surface area contributed by atoms with Gasteiger partial charge in [-0.05, 0) is 55.5 Å². The summed E-state index contributed by atoms with van der Waals surface area (Å²) in [6.07, 6.45) is 2.90. The Morgan fingerprint density at radius 2 is 1.91 bits per heavy atom. The minimum atomic E-state index is -0.441. The SMILES string of the molecule is CCOC(=O)c1cc(NC(=O)/C=C/c2ccc(-c3cccc(Cl)c3Cl)o2)ccc1N1CCOCC1. The first-order chi connectivity index (χ1) is 17.0. The van der Waals surface area contributed by atoms with Gasteiger partial charge in [0.25, 0.3) is 0 Å². The number of nitrogens with one attached hydrogen (secondary N) is 1. The maximum Gasteiger partial charge on any atom is 0.340 e. The van der Waals surface area contributed by atoms with Gasteiger partial charge in [0.1, 0.15) is 11.5 Å². The third kappa shape index (κ3) is 6.06. The number of rotatable bonds is 7. The first-order valence-electron chi connectivity index (χ1n) is 11.1. The number of hydrogen-bond donors (Lipinski definition) is 1. The molecule has 1 aromatic heterocycles. The molecule has 1 amide bonds. The van der Waals surface area contributed by atoms with Gasteiger partial charge in [-0.15, -0.1) is 0 Å². The molecule has 9 heteroatoms. The van der Waals surface area contributed by atoms with Gasteiger partial charge in [-0.3, -0.25) is 4.79 Å². The third-order valence-electron chi connectivity index (χ3n) is 5.35. The minimum absolute atomic E-state index is 0.256. The second-order valence-corrected chi connectivity index (χ2v) is 8.46. The third-order valence-corrected chi connectivity index (χ3v) is 6.17. The molecule has 1 N–H and O–H groups in total. The quantitative estimate of drug-likeness (QED) is 0.311. The van der Waals surface area contributed by atoms with E-state index in [1.807, 2.05) is 6.07 Å². The van der Waals surface area contributed by atoms with Gasteiger partial charge in [-0.2, -0.15) is 0 Å². The Kier molecular flexibility index (Phi) is 8.13. The zero-order chi connectivity index (χ0) is 24.8. The number of amides is 1. The number of hydrogen-bond acceptors (Lipinski definition) is 6. The highest BCUT2D eigenvalue weighted by atomic mass is 35.5. The smallest absolute Gasteiger partial charge is 0.340 e. The molecule has 0 atom stereocenters. The van der Waals surface area contributed by atoms with Crippen LogP contribution >= 0.6 is 23.2 Å². The lowest BCUT2D eigenvalue weighted by Gasteiger charge is -2.30. The van der Waals surface area contributed by atoms with Crippen LogP contribution in [0.2, 0.25) is 10.0 Å². The lowest BCUT2D eigenvalue weighted by atomic mass is 10.1. The fourth-order valence-corrected chi connectivity index (χ4v) is 4.08. The van der Waals surface area contributed by atoms with Crippen LogP contribution in [0.1, 0.15) is 23.0 Å². The Bertz CT molecular complexity index is 1250. The van der Waals surface area contributed by atoms with Crippen molar-refractivity contribution in [2.45, 2.75) is 6.92 Å². The topological polar surface area (TPSA) is 81.0 Å². The Balaban J connectivity index is 1.47. The summed E-state index contributed by atoms with van der Waals surface area (Å²) in [5.41, 5.74) is 2.29. The Labute approximate surface area is 213 Å². The number of furan rings is 1. The molecule has 0 radical (unpaired) electrons. The zero-order valence-electron chi connectivity index (χ0n) is 19.1. The van der Waals surface area contributed by atoms with Crippen molar-refractivity contribution in [1.29, 1.82) is 0 Å². The van der Waals surface area contributed by atoms with Crippen molar-refractivity contribution >= 4 is 52.5 Å². The molecule has 2 aromatic carbocycles. The Morgan fingerprint density at radius 1 is 1.11 bits per heavy atom. The molecule has 0 spiro atoms. The number of esters is 1. The highest BCUT2D eigenvalue weighted by Gasteiger charge is 2.20. The molecule has 182 valence electrons. The number of halogens is 2. The minimum Gasteiger partial charge on any atom is -0.462 e. The number of ether oxygens (including phenoxy) is 2. The van der Waals surface area contributed by atoms with Gasteiger partial charge in [0.2, 0.25) is 5.91 Å². The van der Waals surface area contributed by atoms with Gasteiger partial charge in [-0.25, -0.2) is 4.79 Å². The molecule has 0 bridgehead atoms. The molecule has 0 aliphatic carbocycles. The number of carbonyl (C=O) groups excluding carboxylic acids is 2. The molecular weight excluding hydrogens is 491 g/mol. The van der Waals surface area contributed by atoms with Crippen molar-refractivity contribution < 1.29 is 23.5 Å². The van der Waals surface area contributed by atoms with Crippen molar-refractivity contribution in [1.82, 2.24) is 0 Å². The number of benzene rings is 2. The van der Waals surface area contributed by atoms with Crippen molar-refractivity contribution in [2.24, 2.45) is 0 Å². The van der Waals surface area contributed by atoms with Gasteiger partial charge in [0, 0.05) is 30.4 Å². The van der Waals surface area contributed by atoms with Crippen LogP contribution in [0.5, 0.6) is 0 Å². The van der Waals surface area contributed by atoms with E-state index in [-0.39, 0.29) is 12.5 Å². The summed E-state index contributed by atoms with van der Waals surface area (Å²) in [7, 11) is 0.